The summed E-state index contributed by atoms with van der Waals surface area (Å²) in [6.45, 7) is 0.534. The van der Waals surface area contributed by atoms with E-state index in [2.05, 4.69) is 16.4 Å². The van der Waals surface area contributed by atoms with Crippen molar-refractivity contribution in [3.8, 4) is 28.3 Å². The lowest BCUT2D eigenvalue weighted by atomic mass is 9.92. The number of hydrogen-bond acceptors (Lipinski definition) is 5. The second-order valence-electron chi connectivity index (χ2n) is 8.00. The van der Waals surface area contributed by atoms with Crippen LogP contribution in [-0.2, 0) is 6.54 Å². The molecule has 0 amide bonds. The van der Waals surface area contributed by atoms with Gasteiger partial charge in [0.25, 0.3) is 0 Å². The van der Waals surface area contributed by atoms with Crippen molar-refractivity contribution in [3.63, 3.8) is 0 Å². The summed E-state index contributed by atoms with van der Waals surface area (Å²) in [7, 11) is 0. The number of fused-ring (bicyclic) bond motifs is 1. The molecule has 6 heteroatoms. The quantitative estimate of drug-likeness (QED) is 0.318. The molecule has 0 radical (unpaired) electrons. The van der Waals surface area contributed by atoms with E-state index in [1.54, 1.807) is 6.20 Å². The highest BCUT2D eigenvalue weighted by Crippen LogP contribution is 2.40. The fourth-order valence-electron chi connectivity index (χ4n) is 4.20. The zero-order valence-electron chi connectivity index (χ0n) is 18.6. The van der Waals surface area contributed by atoms with E-state index in [0.29, 0.717) is 23.5 Å². The summed E-state index contributed by atoms with van der Waals surface area (Å²) in [5.41, 5.74) is 4.38. The predicted molar refractivity (Wildman–Crippen MR) is 136 cm³/mol. The molecule has 2 N–H and O–H groups in total. The minimum Gasteiger partial charge on any atom is -0.478 e. The smallest absolute Gasteiger partial charge is 0.337 e. The standard InChI is InChI=1S/C29H20N4O2/c30-15-25-26(21-14-22(29(34)35)18-31-17-21)24-13-7-12-23(20-10-5-2-6-11-20)27(24)28(33-25)32-16-19-8-3-1-4-9-19/h1-14,17-18H,16H2,(H,32,33)(H,34,35). The summed E-state index contributed by atoms with van der Waals surface area (Å²) in [5.74, 6) is -0.493. The largest absolute Gasteiger partial charge is 0.478 e. The molecule has 0 aliphatic rings. The van der Waals surface area contributed by atoms with Crippen LogP contribution in [0.4, 0.5) is 5.82 Å². The van der Waals surface area contributed by atoms with Crippen LogP contribution in [0.3, 0.4) is 0 Å². The summed E-state index contributed by atoms with van der Waals surface area (Å²) in [4.78, 5) is 20.4. The summed E-state index contributed by atoms with van der Waals surface area (Å²) < 4.78 is 0. The SMILES string of the molecule is N#Cc1nc(NCc2ccccc2)c2c(-c3ccccc3)cccc2c1-c1cncc(C(=O)O)c1. The van der Waals surface area contributed by atoms with Crippen molar-refractivity contribution in [2.75, 3.05) is 5.32 Å². The lowest BCUT2D eigenvalue weighted by Gasteiger charge is -2.17. The molecule has 0 spiro atoms. The molecule has 5 rings (SSSR count). The molecule has 2 aromatic heterocycles. The number of benzene rings is 3. The lowest BCUT2D eigenvalue weighted by molar-refractivity contribution is 0.0696. The molecule has 5 aromatic rings. The van der Waals surface area contributed by atoms with E-state index in [4.69, 9.17) is 4.98 Å². The number of aromatic nitrogens is 2. The van der Waals surface area contributed by atoms with Crippen molar-refractivity contribution in [2.24, 2.45) is 0 Å². The van der Waals surface area contributed by atoms with Gasteiger partial charge in [-0.05, 0) is 28.1 Å². The fraction of sp³-hybridized carbons (Fsp3) is 0.0345. The molecule has 0 aliphatic carbocycles. The van der Waals surface area contributed by atoms with Crippen LogP contribution in [0.1, 0.15) is 21.6 Å². The molecule has 6 nitrogen and oxygen atoms in total. The minimum absolute atomic E-state index is 0.0463. The highest BCUT2D eigenvalue weighted by atomic mass is 16.4. The number of carboxylic acids is 1. The highest BCUT2D eigenvalue weighted by molar-refractivity contribution is 6.11. The summed E-state index contributed by atoms with van der Waals surface area (Å²) in [6, 6.07) is 29.6. The van der Waals surface area contributed by atoms with E-state index < -0.39 is 5.97 Å². The molecule has 0 unspecified atom stereocenters. The Balaban J connectivity index is 1.78. The maximum Gasteiger partial charge on any atom is 0.337 e. The average Bonchev–Trinajstić information content (AvgIpc) is 2.92. The molecular formula is C29H20N4O2. The average molecular weight is 457 g/mol. The number of nitrogens with zero attached hydrogens (tertiary/aromatic N) is 3. The van der Waals surface area contributed by atoms with Gasteiger partial charge in [-0.1, -0.05) is 78.9 Å². The van der Waals surface area contributed by atoms with E-state index in [1.165, 1.54) is 12.3 Å². The van der Waals surface area contributed by atoms with E-state index in [-0.39, 0.29) is 11.3 Å². The molecule has 0 bridgehead atoms. The third-order valence-corrected chi connectivity index (χ3v) is 5.80. The number of nitriles is 1. The van der Waals surface area contributed by atoms with Gasteiger partial charge in [0.2, 0.25) is 0 Å². The van der Waals surface area contributed by atoms with Crippen LogP contribution in [-0.4, -0.2) is 21.0 Å². The van der Waals surface area contributed by atoms with E-state index in [9.17, 15) is 15.2 Å². The number of nitrogens with one attached hydrogen (secondary N) is 1. The Morgan fingerprint density at radius 2 is 1.66 bits per heavy atom. The third kappa shape index (κ3) is 4.31. The Bertz CT molecular complexity index is 1580. The maximum absolute atomic E-state index is 11.6. The normalized spacial score (nSPS) is 10.6. The third-order valence-electron chi connectivity index (χ3n) is 5.80. The minimum atomic E-state index is -1.08. The van der Waals surface area contributed by atoms with Crippen LogP contribution in [0.2, 0.25) is 0 Å². The molecule has 168 valence electrons. The van der Waals surface area contributed by atoms with Crippen molar-refractivity contribution in [3.05, 3.63) is 114 Å². The molecule has 0 saturated carbocycles. The van der Waals surface area contributed by atoms with Crippen molar-refractivity contribution < 1.29 is 9.90 Å². The van der Waals surface area contributed by atoms with Gasteiger partial charge < -0.3 is 10.4 Å². The Kier molecular flexibility index (Phi) is 5.89. The van der Waals surface area contributed by atoms with Gasteiger partial charge in [-0.2, -0.15) is 5.26 Å². The molecule has 0 atom stereocenters. The number of carbonyl (C=O) groups is 1. The van der Waals surface area contributed by atoms with Gasteiger partial charge in [0.15, 0.2) is 5.69 Å². The van der Waals surface area contributed by atoms with Gasteiger partial charge in [-0.15, -0.1) is 0 Å². The fourth-order valence-corrected chi connectivity index (χ4v) is 4.20. The second-order valence-corrected chi connectivity index (χ2v) is 8.00. The molecular weight excluding hydrogens is 436 g/mol. The summed E-state index contributed by atoms with van der Waals surface area (Å²) >= 11 is 0. The van der Waals surface area contributed by atoms with Crippen LogP contribution in [0.5, 0.6) is 0 Å². The Morgan fingerprint density at radius 1 is 0.914 bits per heavy atom. The number of anilines is 1. The topological polar surface area (TPSA) is 98.9 Å². The van der Waals surface area contributed by atoms with Gasteiger partial charge in [-0.3, -0.25) is 4.98 Å². The monoisotopic (exact) mass is 456 g/mol. The number of hydrogen-bond donors (Lipinski definition) is 2. The zero-order valence-corrected chi connectivity index (χ0v) is 18.6. The first-order valence-electron chi connectivity index (χ1n) is 11.0. The van der Waals surface area contributed by atoms with E-state index in [1.807, 2.05) is 78.9 Å². The lowest BCUT2D eigenvalue weighted by Crippen LogP contribution is -2.06. The molecule has 0 aliphatic heterocycles. The number of pyridine rings is 2. The number of aromatic carboxylic acids is 1. The van der Waals surface area contributed by atoms with Crippen LogP contribution >= 0.6 is 0 Å². The number of rotatable bonds is 6. The second kappa shape index (κ2) is 9.46. The Labute approximate surface area is 202 Å². The van der Waals surface area contributed by atoms with Gasteiger partial charge in [0, 0.05) is 35.5 Å². The van der Waals surface area contributed by atoms with Gasteiger partial charge in [0.05, 0.1) is 5.56 Å². The van der Waals surface area contributed by atoms with Gasteiger partial charge in [0.1, 0.15) is 11.9 Å². The number of carboxylic acid groups (broad SMARTS) is 1. The first-order valence-corrected chi connectivity index (χ1v) is 11.0. The first kappa shape index (κ1) is 21.8. The van der Waals surface area contributed by atoms with E-state index in [0.717, 1.165) is 27.5 Å². The molecule has 2 heterocycles. The van der Waals surface area contributed by atoms with Gasteiger partial charge in [-0.25, -0.2) is 9.78 Å². The van der Waals surface area contributed by atoms with Crippen LogP contribution in [0, 0.1) is 11.3 Å². The zero-order chi connectivity index (χ0) is 24.2. The van der Waals surface area contributed by atoms with Crippen molar-refractivity contribution in [1.29, 1.82) is 5.26 Å². The molecule has 35 heavy (non-hydrogen) atoms. The molecule has 3 aromatic carbocycles. The molecule has 0 saturated heterocycles. The summed E-state index contributed by atoms with van der Waals surface area (Å²) in [6.07, 6.45) is 2.86. The predicted octanol–water partition coefficient (Wildman–Crippen LogP) is 6.15. The van der Waals surface area contributed by atoms with Gasteiger partial charge >= 0.3 is 5.97 Å². The van der Waals surface area contributed by atoms with Crippen molar-refractivity contribution in [2.45, 2.75) is 6.54 Å². The van der Waals surface area contributed by atoms with Crippen molar-refractivity contribution >= 4 is 22.6 Å². The van der Waals surface area contributed by atoms with Crippen LogP contribution < -0.4 is 5.32 Å². The van der Waals surface area contributed by atoms with Crippen LogP contribution in [0.25, 0.3) is 33.0 Å². The Hall–Kier alpha value is -5.02. The molecule has 0 fully saturated rings. The highest BCUT2D eigenvalue weighted by Gasteiger charge is 2.20. The maximum atomic E-state index is 11.6. The van der Waals surface area contributed by atoms with Crippen LogP contribution in [0.15, 0.2) is 97.3 Å². The Morgan fingerprint density at radius 3 is 2.37 bits per heavy atom. The summed E-state index contributed by atoms with van der Waals surface area (Å²) in [5, 5.41) is 24.6. The van der Waals surface area contributed by atoms with E-state index >= 15 is 0 Å². The van der Waals surface area contributed by atoms with Crippen molar-refractivity contribution in [1.82, 2.24) is 9.97 Å². The first-order chi connectivity index (χ1) is 17.2.